The second-order valence-corrected chi connectivity index (χ2v) is 5.15. The van der Waals surface area contributed by atoms with E-state index in [9.17, 15) is 35.3 Å². The van der Waals surface area contributed by atoms with Crippen LogP contribution in [0.15, 0.2) is 18.2 Å². The van der Waals surface area contributed by atoms with Crippen molar-refractivity contribution in [1.29, 1.82) is 0 Å². The lowest BCUT2D eigenvalue weighted by molar-refractivity contribution is -0.385. The first kappa shape index (κ1) is 17.1. The summed E-state index contributed by atoms with van der Waals surface area (Å²) in [6.07, 6.45) is -6.16. The smallest absolute Gasteiger partial charge is 0.280 e. The lowest BCUT2D eigenvalue weighted by atomic mass is 9.99. The summed E-state index contributed by atoms with van der Waals surface area (Å²) in [5, 5.41) is 53.5. The first-order valence-corrected chi connectivity index (χ1v) is 6.68. The minimum atomic E-state index is -1.69. The minimum absolute atomic E-state index is 0.0986. The van der Waals surface area contributed by atoms with E-state index < -0.39 is 52.8 Å². The molecule has 0 radical (unpaired) electrons. The highest BCUT2D eigenvalue weighted by molar-refractivity contribution is 5.91. The minimum Gasteiger partial charge on any atom is -0.545 e. The summed E-state index contributed by atoms with van der Waals surface area (Å²) >= 11 is 0. The van der Waals surface area contributed by atoms with Gasteiger partial charge in [0.2, 0.25) is 0 Å². The number of nitrogens with one attached hydrogen (secondary N) is 1. The molecule has 1 aliphatic rings. The van der Waals surface area contributed by atoms with Crippen LogP contribution in [0.5, 0.6) is 0 Å². The molecule has 23 heavy (non-hydrogen) atoms. The van der Waals surface area contributed by atoms with Crippen LogP contribution in [0.2, 0.25) is 0 Å². The number of carbonyl (C=O) groups excluding carboxylic acids is 1. The Labute approximate surface area is 130 Å². The number of aliphatic hydroxyl groups excluding tert-OH is 3. The number of nitro groups is 1. The van der Waals surface area contributed by atoms with Gasteiger partial charge in [0.1, 0.15) is 18.3 Å². The monoisotopic (exact) mass is 327 g/mol. The van der Waals surface area contributed by atoms with Gasteiger partial charge < -0.3 is 35.3 Å². The van der Waals surface area contributed by atoms with Crippen molar-refractivity contribution in [1.82, 2.24) is 0 Å². The number of hydrogen-bond donors (Lipinski definition) is 4. The van der Waals surface area contributed by atoms with Crippen molar-refractivity contribution >= 4 is 17.3 Å². The van der Waals surface area contributed by atoms with Gasteiger partial charge in [-0.1, -0.05) is 0 Å². The van der Waals surface area contributed by atoms with Crippen LogP contribution in [0.3, 0.4) is 0 Å². The van der Waals surface area contributed by atoms with Crippen molar-refractivity contribution in [2.75, 3.05) is 5.32 Å². The highest BCUT2D eigenvalue weighted by Crippen LogP contribution is 2.26. The lowest BCUT2D eigenvalue weighted by Gasteiger charge is -2.39. The molecule has 126 valence electrons. The SMILES string of the molecule is C[C@H]1O[C@@H](Nc2ccc(C(=O)[O-])c([N+](=O)[O-])c2)[C@@H](O)[C@@H](O)[C@H]1O. The molecule has 0 aromatic heterocycles. The maximum atomic E-state index is 10.9. The Balaban J connectivity index is 2.25. The number of carbonyl (C=O) groups is 1. The maximum Gasteiger partial charge on any atom is 0.280 e. The Hall–Kier alpha value is -2.27. The molecule has 1 aromatic carbocycles. The number of nitro benzene ring substituents is 1. The Morgan fingerprint density at radius 2 is 1.91 bits per heavy atom. The summed E-state index contributed by atoms with van der Waals surface area (Å²) in [4.78, 5) is 20.9. The van der Waals surface area contributed by atoms with E-state index in [0.29, 0.717) is 0 Å². The standard InChI is InChI=1S/C13H16N2O8/c1-5-9(16)10(17)11(18)12(23-5)14-6-2-3-7(13(19)20)8(4-6)15(21)22/h2-5,9-12,14,16-18H,1H3,(H,19,20)/p-1/t5-,9+,10+,11+,12-/m1/s1. The largest absolute Gasteiger partial charge is 0.545 e. The van der Waals surface area contributed by atoms with E-state index in [1.54, 1.807) is 0 Å². The third-order valence-electron chi connectivity index (χ3n) is 3.58. The van der Waals surface area contributed by atoms with E-state index in [1.807, 2.05) is 0 Å². The highest BCUT2D eigenvalue weighted by Gasteiger charge is 2.41. The van der Waals surface area contributed by atoms with Crippen LogP contribution in [-0.4, -0.2) is 56.9 Å². The molecular formula is C13H15N2O8-. The fourth-order valence-corrected chi connectivity index (χ4v) is 2.28. The first-order valence-electron chi connectivity index (χ1n) is 6.68. The van der Waals surface area contributed by atoms with Crippen LogP contribution in [-0.2, 0) is 4.74 Å². The number of aromatic carboxylic acids is 1. The van der Waals surface area contributed by atoms with Gasteiger partial charge in [-0.3, -0.25) is 10.1 Å². The van der Waals surface area contributed by atoms with Crippen LogP contribution in [0.25, 0.3) is 0 Å². The van der Waals surface area contributed by atoms with E-state index in [-0.39, 0.29) is 5.69 Å². The van der Waals surface area contributed by atoms with Gasteiger partial charge >= 0.3 is 0 Å². The number of hydrogen-bond acceptors (Lipinski definition) is 9. The third-order valence-corrected chi connectivity index (χ3v) is 3.58. The van der Waals surface area contributed by atoms with Gasteiger partial charge in [0.05, 0.1) is 22.6 Å². The number of benzene rings is 1. The van der Waals surface area contributed by atoms with E-state index in [0.717, 1.165) is 12.1 Å². The van der Waals surface area contributed by atoms with Gasteiger partial charge in [0, 0.05) is 11.8 Å². The van der Waals surface area contributed by atoms with E-state index in [2.05, 4.69) is 5.32 Å². The molecule has 1 fully saturated rings. The molecule has 0 amide bonds. The van der Waals surface area contributed by atoms with Crippen LogP contribution >= 0.6 is 0 Å². The molecule has 1 aliphatic heterocycles. The van der Waals surface area contributed by atoms with Crippen LogP contribution in [0, 0.1) is 10.1 Å². The average Bonchev–Trinajstić information content (AvgIpc) is 2.50. The number of carboxylic acid groups (broad SMARTS) is 1. The van der Waals surface area contributed by atoms with E-state index >= 15 is 0 Å². The highest BCUT2D eigenvalue weighted by atomic mass is 16.6. The molecule has 0 aliphatic carbocycles. The van der Waals surface area contributed by atoms with Gasteiger partial charge in [-0.15, -0.1) is 0 Å². The van der Waals surface area contributed by atoms with Crippen LogP contribution in [0.1, 0.15) is 17.3 Å². The van der Waals surface area contributed by atoms with Crippen molar-refractivity contribution in [3.05, 3.63) is 33.9 Å². The fourth-order valence-electron chi connectivity index (χ4n) is 2.28. The molecule has 10 heteroatoms. The van der Waals surface area contributed by atoms with E-state index in [1.165, 1.54) is 13.0 Å². The second kappa shape index (κ2) is 6.46. The summed E-state index contributed by atoms with van der Waals surface area (Å²) in [6, 6.07) is 3.17. The predicted octanol–water partition coefficient (Wildman–Crippen LogP) is -1.80. The fraction of sp³-hybridized carbons (Fsp3) is 0.462. The zero-order valence-electron chi connectivity index (χ0n) is 11.9. The maximum absolute atomic E-state index is 10.9. The van der Waals surface area contributed by atoms with Gasteiger partial charge in [-0.2, -0.15) is 0 Å². The van der Waals surface area contributed by atoms with Crippen molar-refractivity contribution in [3.8, 4) is 0 Å². The molecule has 5 atom stereocenters. The molecular weight excluding hydrogens is 312 g/mol. The van der Waals surface area contributed by atoms with E-state index in [4.69, 9.17) is 4.74 Å². The first-order chi connectivity index (χ1) is 10.7. The molecule has 10 nitrogen and oxygen atoms in total. The number of aliphatic hydroxyl groups is 3. The van der Waals surface area contributed by atoms with Crippen molar-refractivity contribution in [2.45, 2.75) is 37.6 Å². The topological polar surface area (TPSA) is 165 Å². The normalized spacial score (nSPS) is 30.7. The summed E-state index contributed by atoms with van der Waals surface area (Å²) in [5.41, 5.74) is -1.18. The summed E-state index contributed by atoms with van der Waals surface area (Å²) in [6.45, 7) is 1.48. The van der Waals surface area contributed by atoms with Crippen molar-refractivity contribution in [2.24, 2.45) is 0 Å². The molecule has 0 spiro atoms. The number of nitrogens with zero attached hydrogens (tertiary/aromatic N) is 1. The number of rotatable bonds is 4. The van der Waals surface area contributed by atoms with Gasteiger partial charge in [0.15, 0.2) is 6.23 Å². The van der Waals surface area contributed by atoms with Crippen molar-refractivity contribution in [3.63, 3.8) is 0 Å². The Bertz CT molecular complexity index is 622. The Kier molecular flexibility index (Phi) is 4.80. The zero-order chi connectivity index (χ0) is 17.3. The van der Waals surface area contributed by atoms with Crippen LogP contribution in [0.4, 0.5) is 11.4 Å². The summed E-state index contributed by atoms with van der Waals surface area (Å²) in [7, 11) is 0. The molecule has 1 aromatic rings. The number of ether oxygens (including phenoxy) is 1. The molecule has 1 saturated heterocycles. The zero-order valence-corrected chi connectivity index (χ0v) is 11.9. The predicted molar refractivity (Wildman–Crippen MR) is 73.4 cm³/mol. The Morgan fingerprint density at radius 1 is 1.26 bits per heavy atom. The Morgan fingerprint density at radius 3 is 2.48 bits per heavy atom. The van der Waals surface area contributed by atoms with Gasteiger partial charge in [-0.25, -0.2) is 0 Å². The van der Waals surface area contributed by atoms with Crippen LogP contribution < -0.4 is 10.4 Å². The molecule has 0 bridgehead atoms. The van der Waals surface area contributed by atoms with Crippen molar-refractivity contribution < 1.29 is 34.9 Å². The summed E-state index contributed by atoms with van der Waals surface area (Å²) in [5.74, 6) is -1.69. The number of carboxylic acids is 1. The summed E-state index contributed by atoms with van der Waals surface area (Å²) < 4.78 is 5.29. The average molecular weight is 327 g/mol. The third kappa shape index (κ3) is 3.40. The molecule has 0 saturated carbocycles. The van der Waals surface area contributed by atoms with Gasteiger partial charge in [0.25, 0.3) is 5.69 Å². The second-order valence-electron chi connectivity index (χ2n) is 5.15. The van der Waals surface area contributed by atoms with Gasteiger partial charge in [-0.05, 0) is 19.1 Å². The number of anilines is 1. The molecule has 0 unspecified atom stereocenters. The quantitative estimate of drug-likeness (QED) is 0.368. The molecule has 1 heterocycles. The molecule has 4 N–H and O–H groups in total. The molecule has 2 rings (SSSR count). The lowest BCUT2D eigenvalue weighted by Crippen LogP contribution is -2.58.